The lowest BCUT2D eigenvalue weighted by Crippen LogP contribution is -2.27. The monoisotopic (exact) mass is 453 g/mol. The number of aromatic nitrogens is 5. The average molecular weight is 454 g/mol. The number of carbonyl (C=O) groups is 1. The fourth-order valence-electron chi connectivity index (χ4n) is 2.83. The zero-order chi connectivity index (χ0) is 23.8. The Kier molecular flexibility index (Phi) is 7.67. The molecule has 0 spiro atoms. The summed E-state index contributed by atoms with van der Waals surface area (Å²) in [5.41, 5.74) is 2.17. The predicted molar refractivity (Wildman–Crippen MR) is 120 cm³/mol. The van der Waals surface area contributed by atoms with Crippen molar-refractivity contribution in [1.82, 2.24) is 25.2 Å². The molecule has 33 heavy (non-hydrogen) atoms. The first kappa shape index (κ1) is 23.8. The summed E-state index contributed by atoms with van der Waals surface area (Å²) in [4.78, 5) is 21.9. The van der Waals surface area contributed by atoms with E-state index in [4.69, 9.17) is 14.3 Å². The van der Waals surface area contributed by atoms with E-state index < -0.39 is 11.7 Å². The van der Waals surface area contributed by atoms with E-state index in [0.717, 1.165) is 11.1 Å². The molecule has 0 saturated carbocycles. The first-order valence-corrected chi connectivity index (χ1v) is 10.2. The van der Waals surface area contributed by atoms with Crippen LogP contribution in [0, 0.1) is 0 Å². The van der Waals surface area contributed by atoms with Crippen molar-refractivity contribution in [3.63, 3.8) is 0 Å². The van der Waals surface area contributed by atoms with Crippen molar-refractivity contribution in [3.8, 4) is 0 Å². The fraction of sp³-hybridized carbons (Fsp3) is 0.364. The maximum Gasteiger partial charge on any atom is 0.413 e. The number of hydrogen-bond donors (Lipinski definition) is 1. The molecule has 2 aromatic heterocycles. The van der Waals surface area contributed by atoms with Gasteiger partial charge >= 0.3 is 6.09 Å². The number of carbonyl (C=O) groups excluding carboxylic acids is 1. The van der Waals surface area contributed by atoms with Gasteiger partial charge in [-0.15, -0.1) is 5.10 Å². The van der Waals surface area contributed by atoms with Crippen molar-refractivity contribution in [2.45, 2.75) is 39.6 Å². The standard InChI is InChI=1S/C22H27N7O4/c1-22(2,3)33-21(30)24-18-11-7-10-17(23-18)14-32-26-19(20-25-27-28-29(20)4)16-9-6-8-15(12-16)13-31-5/h6-12H,13-14H2,1-5H3,(H,23,24,30). The van der Waals surface area contributed by atoms with Crippen molar-refractivity contribution >= 4 is 17.6 Å². The highest BCUT2D eigenvalue weighted by Crippen LogP contribution is 2.14. The van der Waals surface area contributed by atoms with E-state index in [-0.39, 0.29) is 6.61 Å². The third-order valence-corrected chi connectivity index (χ3v) is 4.15. The number of oxime groups is 1. The molecule has 2 heterocycles. The molecule has 0 saturated heterocycles. The Balaban J connectivity index is 1.76. The largest absolute Gasteiger partial charge is 0.444 e. The van der Waals surface area contributed by atoms with E-state index in [1.807, 2.05) is 24.3 Å². The Morgan fingerprint density at radius 1 is 1.15 bits per heavy atom. The average Bonchev–Trinajstić information content (AvgIpc) is 3.16. The van der Waals surface area contributed by atoms with Gasteiger partial charge in [-0.3, -0.25) is 5.32 Å². The molecule has 0 aliphatic rings. The first-order chi connectivity index (χ1) is 15.7. The summed E-state index contributed by atoms with van der Waals surface area (Å²) in [5, 5.41) is 18.5. The maximum atomic E-state index is 12.0. The lowest BCUT2D eigenvalue weighted by Gasteiger charge is -2.19. The Morgan fingerprint density at radius 2 is 1.94 bits per heavy atom. The molecule has 0 atom stereocenters. The van der Waals surface area contributed by atoms with Gasteiger partial charge in [0.25, 0.3) is 0 Å². The minimum absolute atomic E-state index is 0.0659. The van der Waals surface area contributed by atoms with Crippen LogP contribution in [-0.2, 0) is 34.6 Å². The van der Waals surface area contributed by atoms with Crippen molar-refractivity contribution in [3.05, 3.63) is 65.1 Å². The number of nitrogens with zero attached hydrogens (tertiary/aromatic N) is 6. The van der Waals surface area contributed by atoms with Gasteiger partial charge in [-0.25, -0.2) is 14.5 Å². The van der Waals surface area contributed by atoms with Crippen LogP contribution in [-0.4, -0.2) is 49.7 Å². The molecule has 174 valence electrons. The summed E-state index contributed by atoms with van der Waals surface area (Å²) >= 11 is 0. The molecule has 3 rings (SSSR count). The van der Waals surface area contributed by atoms with Crippen molar-refractivity contribution in [1.29, 1.82) is 0 Å². The third-order valence-electron chi connectivity index (χ3n) is 4.15. The predicted octanol–water partition coefficient (Wildman–Crippen LogP) is 3.07. The highest BCUT2D eigenvalue weighted by atomic mass is 16.6. The van der Waals surface area contributed by atoms with Crippen LogP contribution in [0.4, 0.5) is 10.6 Å². The van der Waals surface area contributed by atoms with Crippen molar-refractivity contribution < 1.29 is 19.1 Å². The lowest BCUT2D eigenvalue weighted by atomic mass is 10.1. The highest BCUT2D eigenvalue weighted by molar-refractivity contribution is 6.10. The molecule has 1 aromatic carbocycles. The number of rotatable bonds is 8. The number of anilines is 1. The zero-order valence-corrected chi connectivity index (χ0v) is 19.3. The molecule has 0 aliphatic carbocycles. The lowest BCUT2D eigenvalue weighted by molar-refractivity contribution is 0.0635. The Hall–Kier alpha value is -3.86. The number of methoxy groups -OCH3 is 1. The van der Waals surface area contributed by atoms with Crippen LogP contribution >= 0.6 is 0 Å². The van der Waals surface area contributed by atoms with Crippen LogP contribution in [0.1, 0.15) is 43.4 Å². The van der Waals surface area contributed by atoms with E-state index in [1.165, 1.54) is 4.68 Å². The number of tetrazole rings is 1. The number of aryl methyl sites for hydroxylation is 1. The molecule has 0 radical (unpaired) electrons. The summed E-state index contributed by atoms with van der Waals surface area (Å²) in [7, 11) is 3.35. The minimum Gasteiger partial charge on any atom is -0.444 e. The number of nitrogens with one attached hydrogen (secondary N) is 1. The quantitative estimate of drug-likeness (QED) is 0.407. The molecule has 0 aliphatic heterocycles. The van der Waals surface area contributed by atoms with Gasteiger partial charge in [0.1, 0.15) is 11.4 Å². The number of hydrogen-bond acceptors (Lipinski definition) is 9. The Morgan fingerprint density at radius 3 is 2.64 bits per heavy atom. The summed E-state index contributed by atoms with van der Waals surface area (Å²) in [6, 6.07) is 12.9. The smallest absolute Gasteiger partial charge is 0.413 e. The summed E-state index contributed by atoms with van der Waals surface area (Å²) in [6.07, 6.45) is -0.584. The van der Waals surface area contributed by atoms with Gasteiger partial charge in [-0.05, 0) is 55.0 Å². The second kappa shape index (κ2) is 10.6. The van der Waals surface area contributed by atoms with Gasteiger partial charge in [0.05, 0.1) is 12.3 Å². The first-order valence-electron chi connectivity index (χ1n) is 10.2. The number of pyridine rings is 1. The molecular weight excluding hydrogens is 426 g/mol. The molecule has 1 N–H and O–H groups in total. The highest BCUT2D eigenvalue weighted by Gasteiger charge is 2.17. The van der Waals surface area contributed by atoms with Crippen molar-refractivity contribution in [2.75, 3.05) is 12.4 Å². The molecule has 0 fully saturated rings. The Bertz CT molecular complexity index is 1120. The van der Waals surface area contributed by atoms with E-state index in [2.05, 4.69) is 31.0 Å². The van der Waals surface area contributed by atoms with E-state index in [1.54, 1.807) is 53.1 Å². The minimum atomic E-state index is -0.606. The Labute approximate surface area is 191 Å². The topological polar surface area (TPSA) is 126 Å². The summed E-state index contributed by atoms with van der Waals surface area (Å²) in [5.74, 6) is 0.789. The second-order valence-electron chi connectivity index (χ2n) is 8.11. The van der Waals surface area contributed by atoms with Gasteiger partial charge in [-0.2, -0.15) is 0 Å². The van der Waals surface area contributed by atoms with Gasteiger partial charge in [0, 0.05) is 19.7 Å². The van der Waals surface area contributed by atoms with E-state index in [9.17, 15) is 4.79 Å². The van der Waals surface area contributed by atoms with Gasteiger partial charge < -0.3 is 14.3 Å². The van der Waals surface area contributed by atoms with Gasteiger partial charge in [0.2, 0.25) is 5.82 Å². The van der Waals surface area contributed by atoms with Crippen LogP contribution < -0.4 is 5.32 Å². The summed E-state index contributed by atoms with van der Waals surface area (Å²) in [6.45, 7) is 5.89. The number of benzene rings is 1. The SMILES string of the molecule is COCc1cccc(C(=NOCc2cccc(NC(=O)OC(C)(C)C)n2)c2nnnn2C)c1. The van der Waals surface area contributed by atoms with Crippen LogP contribution in [0.15, 0.2) is 47.6 Å². The second-order valence-corrected chi connectivity index (χ2v) is 8.11. The molecule has 0 bridgehead atoms. The zero-order valence-electron chi connectivity index (χ0n) is 19.3. The van der Waals surface area contributed by atoms with Crippen LogP contribution in [0.2, 0.25) is 0 Å². The summed E-state index contributed by atoms with van der Waals surface area (Å²) < 4.78 is 12.0. The molecule has 1 amide bonds. The van der Waals surface area contributed by atoms with Crippen molar-refractivity contribution in [2.24, 2.45) is 12.2 Å². The van der Waals surface area contributed by atoms with Crippen LogP contribution in [0.5, 0.6) is 0 Å². The number of ether oxygens (including phenoxy) is 2. The fourth-order valence-corrected chi connectivity index (χ4v) is 2.83. The van der Waals surface area contributed by atoms with Gasteiger partial charge in [0.15, 0.2) is 12.3 Å². The number of amides is 1. The van der Waals surface area contributed by atoms with Crippen LogP contribution in [0.25, 0.3) is 0 Å². The molecular formula is C22H27N7O4. The molecule has 11 heteroatoms. The normalized spacial score (nSPS) is 11.8. The molecule has 3 aromatic rings. The van der Waals surface area contributed by atoms with Crippen LogP contribution in [0.3, 0.4) is 0 Å². The molecule has 0 unspecified atom stereocenters. The van der Waals surface area contributed by atoms with Gasteiger partial charge in [-0.1, -0.05) is 29.4 Å². The van der Waals surface area contributed by atoms with E-state index >= 15 is 0 Å². The third kappa shape index (κ3) is 7.07. The maximum absolute atomic E-state index is 12.0. The molecule has 11 nitrogen and oxygen atoms in total. The van der Waals surface area contributed by atoms with E-state index in [0.29, 0.717) is 29.7 Å².